The van der Waals surface area contributed by atoms with Crippen LogP contribution in [0.1, 0.15) is 11.1 Å². The number of nitrogen functional groups attached to an aromatic ring is 1. The van der Waals surface area contributed by atoms with Crippen LogP contribution in [0.5, 0.6) is 0 Å². The molecule has 0 aliphatic carbocycles. The first-order valence-corrected chi connectivity index (χ1v) is 4.66. The van der Waals surface area contributed by atoms with E-state index in [0.717, 1.165) is 0 Å². The number of hydrogen-bond acceptors (Lipinski definition) is 2. The number of amidine groups is 1. The molecule has 0 saturated heterocycles. The summed E-state index contributed by atoms with van der Waals surface area (Å²) < 4.78 is 1.77. The Labute approximate surface area is 87.9 Å². The lowest BCUT2D eigenvalue weighted by Crippen LogP contribution is -2.09. The van der Waals surface area contributed by atoms with Gasteiger partial charge in [0.2, 0.25) is 0 Å². The maximum Gasteiger partial charge on any atom is 0.125 e. The molecule has 0 atom stereocenters. The molecule has 1 aromatic carbocycles. The van der Waals surface area contributed by atoms with E-state index < -0.39 is 0 Å². The lowest BCUT2D eigenvalue weighted by Gasteiger charge is -2.00. The zero-order chi connectivity index (χ0) is 10.7. The number of rotatable bonds is 3. The molecular weight excluding hydrogens is 188 g/mol. The molecule has 0 amide bonds. The fraction of sp³-hybridized carbons (Fsp3) is 0.0909. The zero-order valence-electron chi connectivity index (χ0n) is 8.22. The maximum atomic E-state index is 7.25. The normalized spacial score (nSPS) is 10.1. The summed E-state index contributed by atoms with van der Waals surface area (Å²) in [5.41, 5.74) is 7.19. The Hall–Kier alpha value is -2.10. The summed E-state index contributed by atoms with van der Waals surface area (Å²) in [5.74, 6) is 0.0503. The van der Waals surface area contributed by atoms with E-state index in [-0.39, 0.29) is 5.84 Å². The van der Waals surface area contributed by atoms with Gasteiger partial charge in [-0.1, -0.05) is 30.3 Å². The van der Waals surface area contributed by atoms with E-state index >= 15 is 0 Å². The van der Waals surface area contributed by atoms with Crippen molar-refractivity contribution in [2.75, 3.05) is 0 Å². The van der Waals surface area contributed by atoms with Crippen LogP contribution in [-0.2, 0) is 6.54 Å². The molecule has 2 aromatic rings. The molecule has 0 spiro atoms. The highest BCUT2D eigenvalue weighted by atomic mass is 15.3. The van der Waals surface area contributed by atoms with Crippen LogP contribution in [0.3, 0.4) is 0 Å². The highest BCUT2D eigenvalue weighted by Gasteiger charge is 2.01. The van der Waals surface area contributed by atoms with E-state index in [2.05, 4.69) is 5.10 Å². The van der Waals surface area contributed by atoms with E-state index in [1.807, 2.05) is 30.3 Å². The van der Waals surface area contributed by atoms with E-state index in [9.17, 15) is 0 Å². The molecule has 0 aliphatic rings. The monoisotopic (exact) mass is 200 g/mol. The molecule has 0 fully saturated rings. The van der Waals surface area contributed by atoms with Gasteiger partial charge >= 0.3 is 0 Å². The topological polar surface area (TPSA) is 67.7 Å². The Morgan fingerprint density at radius 3 is 2.67 bits per heavy atom. The molecule has 1 heterocycles. The fourth-order valence-electron chi connectivity index (χ4n) is 1.36. The number of nitrogens with one attached hydrogen (secondary N) is 1. The quantitative estimate of drug-likeness (QED) is 0.577. The van der Waals surface area contributed by atoms with Crippen LogP contribution in [0.15, 0.2) is 42.7 Å². The third kappa shape index (κ3) is 2.22. The third-order valence-electron chi connectivity index (χ3n) is 2.13. The first-order chi connectivity index (χ1) is 7.25. The molecule has 0 saturated carbocycles. The summed E-state index contributed by atoms with van der Waals surface area (Å²) in [6.45, 7) is 0.702. The van der Waals surface area contributed by atoms with Crippen molar-refractivity contribution in [1.82, 2.24) is 9.78 Å². The summed E-state index contributed by atoms with van der Waals surface area (Å²) in [4.78, 5) is 0. The van der Waals surface area contributed by atoms with Crippen molar-refractivity contribution >= 4 is 5.84 Å². The molecule has 0 unspecified atom stereocenters. The Kier molecular flexibility index (Phi) is 2.49. The Morgan fingerprint density at radius 1 is 1.33 bits per heavy atom. The second kappa shape index (κ2) is 3.96. The standard InChI is InChI=1S/C11H12N4/c12-11(13)10-6-14-15(8-10)7-9-4-2-1-3-5-9/h1-6,8H,7H2,(H3,12,13). The Morgan fingerprint density at radius 2 is 2.07 bits per heavy atom. The van der Waals surface area contributed by atoms with Crippen molar-refractivity contribution in [3.8, 4) is 0 Å². The number of hydrogen-bond donors (Lipinski definition) is 2. The molecule has 4 nitrogen and oxygen atoms in total. The lowest BCUT2D eigenvalue weighted by molar-refractivity contribution is 0.687. The lowest BCUT2D eigenvalue weighted by atomic mass is 10.2. The van der Waals surface area contributed by atoms with Crippen LogP contribution >= 0.6 is 0 Å². The van der Waals surface area contributed by atoms with Crippen LogP contribution in [0.2, 0.25) is 0 Å². The second-order valence-corrected chi connectivity index (χ2v) is 3.33. The Balaban J connectivity index is 2.15. The summed E-state index contributed by atoms with van der Waals surface area (Å²) in [6, 6.07) is 10.0. The predicted octanol–water partition coefficient (Wildman–Crippen LogP) is 1.22. The zero-order valence-corrected chi connectivity index (χ0v) is 8.22. The molecule has 15 heavy (non-hydrogen) atoms. The van der Waals surface area contributed by atoms with E-state index in [1.54, 1.807) is 17.1 Å². The first-order valence-electron chi connectivity index (χ1n) is 4.66. The highest BCUT2D eigenvalue weighted by molar-refractivity contribution is 5.94. The molecule has 1 aromatic heterocycles. The van der Waals surface area contributed by atoms with Gasteiger partial charge in [0.05, 0.1) is 18.3 Å². The van der Waals surface area contributed by atoms with Gasteiger partial charge in [-0.2, -0.15) is 5.10 Å². The van der Waals surface area contributed by atoms with Crippen molar-refractivity contribution in [1.29, 1.82) is 5.41 Å². The Bertz CT molecular complexity index is 458. The molecule has 0 radical (unpaired) electrons. The molecule has 2 rings (SSSR count). The van der Waals surface area contributed by atoms with Crippen LogP contribution in [0.25, 0.3) is 0 Å². The van der Waals surface area contributed by atoms with Gasteiger partial charge in [0, 0.05) is 6.20 Å². The van der Waals surface area contributed by atoms with Crippen LogP contribution in [-0.4, -0.2) is 15.6 Å². The smallest absolute Gasteiger partial charge is 0.125 e. The SMILES string of the molecule is N=C(N)c1cnn(Cc2ccccc2)c1. The van der Waals surface area contributed by atoms with E-state index in [0.29, 0.717) is 12.1 Å². The number of benzene rings is 1. The van der Waals surface area contributed by atoms with Gasteiger partial charge in [-0.05, 0) is 5.56 Å². The van der Waals surface area contributed by atoms with Crippen molar-refractivity contribution < 1.29 is 0 Å². The third-order valence-corrected chi connectivity index (χ3v) is 2.13. The summed E-state index contributed by atoms with van der Waals surface area (Å²) in [7, 11) is 0. The number of nitrogens with zero attached hydrogens (tertiary/aromatic N) is 2. The van der Waals surface area contributed by atoms with E-state index in [1.165, 1.54) is 5.56 Å². The average Bonchev–Trinajstić information content (AvgIpc) is 2.68. The molecular formula is C11H12N4. The summed E-state index contributed by atoms with van der Waals surface area (Å²) in [6.07, 6.45) is 3.38. The molecule has 0 aliphatic heterocycles. The van der Waals surface area contributed by atoms with Gasteiger partial charge in [0.25, 0.3) is 0 Å². The summed E-state index contributed by atoms with van der Waals surface area (Å²) >= 11 is 0. The highest BCUT2D eigenvalue weighted by Crippen LogP contribution is 2.03. The number of aromatic nitrogens is 2. The molecule has 4 heteroatoms. The van der Waals surface area contributed by atoms with Gasteiger partial charge in [-0.15, -0.1) is 0 Å². The van der Waals surface area contributed by atoms with Crippen LogP contribution in [0, 0.1) is 5.41 Å². The van der Waals surface area contributed by atoms with Gasteiger partial charge in [0.15, 0.2) is 0 Å². The molecule has 3 N–H and O–H groups in total. The molecule has 76 valence electrons. The van der Waals surface area contributed by atoms with Crippen LogP contribution < -0.4 is 5.73 Å². The van der Waals surface area contributed by atoms with E-state index in [4.69, 9.17) is 11.1 Å². The minimum absolute atomic E-state index is 0.0503. The minimum Gasteiger partial charge on any atom is -0.384 e. The fourth-order valence-corrected chi connectivity index (χ4v) is 1.36. The summed E-state index contributed by atoms with van der Waals surface area (Å²) in [5, 5.41) is 11.4. The average molecular weight is 200 g/mol. The van der Waals surface area contributed by atoms with Crippen molar-refractivity contribution in [2.45, 2.75) is 6.54 Å². The minimum atomic E-state index is 0.0503. The number of nitrogens with two attached hydrogens (primary N) is 1. The molecule has 0 bridgehead atoms. The van der Waals surface area contributed by atoms with Crippen molar-refractivity contribution in [3.05, 3.63) is 53.9 Å². The largest absolute Gasteiger partial charge is 0.384 e. The van der Waals surface area contributed by atoms with Gasteiger partial charge in [-0.25, -0.2) is 0 Å². The predicted molar refractivity (Wildman–Crippen MR) is 58.8 cm³/mol. The maximum absolute atomic E-state index is 7.25. The second-order valence-electron chi connectivity index (χ2n) is 3.33. The van der Waals surface area contributed by atoms with Crippen molar-refractivity contribution in [2.24, 2.45) is 5.73 Å². The van der Waals surface area contributed by atoms with Crippen LogP contribution in [0.4, 0.5) is 0 Å². The first kappa shape index (κ1) is 9.45. The van der Waals surface area contributed by atoms with Gasteiger partial charge in [-0.3, -0.25) is 10.1 Å². The van der Waals surface area contributed by atoms with Gasteiger partial charge < -0.3 is 5.73 Å². The van der Waals surface area contributed by atoms with Crippen molar-refractivity contribution in [3.63, 3.8) is 0 Å². The van der Waals surface area contributed by atoms with Gasteiger partial charge in [0.1, 0.15) is 5.84 Å².